The quantitative estimate of drug-likeness (QED) is 0.790. The van der Waals surface area contributed by atoms with Crippen LogP contribution in [0.25, 0.3) is 11.0 Å². The first-order valence-electron chi connectivity index (χ1n) is 6.85. The van der Waals surface area contributed by atoms with Crippen molar-refractivity contribution in [2.45, 2.75) is 26.3 Å². The number of fused-ring (bicyclic) bond motifs is 1. The summed E-state index contributed by atoms with van der Waals surface area (Å²) in [5.41, 5.74) is 3.22. The molecule has 0 fully saturated rings. The molecule has 0 aliphatic heterocycles. The molecule has 0 atom stereocenters. The Kier molecular flexibility index (Phi) is 3.37. The number of aromatic hydroxyl groups is 1. The van der Waals surface area contributed by atoms with Crippen LogP contribution in [0.3, 0.4) is 0 Å². The summed E-state index contributed by atoms with van der Waals surface area (Å²) in [6, 6.07) is 9.30. The van der Waals surface area contributed by atoms with E-state index in [1.54, 1.807) is 18.3 Å². The van der Waals surface area contributed by atoms with Crippen LogP contribution in [0.15, 0.2) is 42.7 Å². The van der Waals surface area contributed by atoms with E-state index in [0.29, 0.717) is 5.75 Å². The molecule has 102 valence electrons. The Morgan fingerprint density at radius 3 is 2.70 bits per heavy atom. The predicted octanol–water partition coefficient (Wildman–Crippen LogP) is 3.14. The third-order valence-corrected chi connectivity index (χ3v) is 3.38. The van der Waals surface area contributed by atoms with Gasteiger partial charge in [-0.3, -0.25) is 4.98 Å². The Labute approximate surface area is 117 Å². The maximum atomic E-state index is 9.35. The summed E-state index contributed by atoms with van der Waals surface area (Å²) in [7, 11) is 0. The molecule has 0 saturated heterocycles. The van der Waals surface area contributed by atoms with Gasteiger partial charge in [0.2, 0.25) is 0 Å². The molecule has 0 saturated carbocycles. The molecule has 1 N–H and O–H groups in total. The van der Waals surface area contributed by atoms with Crippen LogP contribution in [0.2, 0.25) is 0 Å². The molecule has 1 aromatic carbocycles. The molecule has 3 rings (SSSR count). The highest BCUT2D eigenvalue weighted by Crippen LogP contribution is 2.19. The number of benzene rings is 1. The highest BCUT2D eigenvalue weighted by molar-refractivity contribution is 5.74. The Morgan fingerprint density at radius 2 is 1.95 bits per heavy atom. The zero-order valence-electron chi connectivity index (χ0n) is 11.5. The van der Waals surface area contributed by atoms with Gasteiger partial charge in [-0.05, 0) is 30.2 Å². The minimum atomic E-state index is 0.292. The molecular formula is C16H17N3O. The van der Waals surface area contributed by atoms with Gasteiger partial charge in [0, 0.05) is 19.2 Å². The summed E-state index contributed by atoms with van der Waals surface area (Å²) in [4.78, 5) is 8.82. The zero-order chi connectivity index (χ0) is 13.9. The molecule has 0 aliphatic carbocycles. The Bertz CT molecular complexity index is 716. The number of phenolic OH excluding ortho intramolecular Hbond substituents is 1. The van der Waals surface area contributed by atoms with E-state index in [1.807, 2.05) is 24.4 Å². The van der Waals surface area contributed by atoms with Crippen LogP contribution in [0.4, 0.5) is 0 Å². The summed E-state index contributed by atoms with van der Waals surface area (Å²) in [6.07, 6.45) is 5.44. The first-order valence-corrected chi connectivity index (χ1v) is 6.85. The number of pyridine rings is 1. The second kappa shape index (κ2) is 5.33. The van der Waals surface area contributed by atoms with Crippen molar-refractivity contribution in [3.05, 3.63) is 54.1 Å². The van der Waals surface area contributed by atoms with Gasteiger partial charge in [-0.15, -0.1) is 0 Å². The summed E-state index contributed by atoms with van der Waals surface area (Å²) < 4.78 is 2.25. The van der Waals surface area contributed by atoms with Crippen LogP contribution in [0, 0.1) is 0 Å². The third kappa shape index (κ3) is 2.37. The van der Waals surface area contributed by atoms with Crippen molar-refractivity contribution in [3.8, 4) is 5.75 Å². The highest BCUT2D eigenvalue weighted by atomic mass is 16.3. The molecule has 4 heteroatoms. The zero-order valence-corrected chi connectivity index (χ0v) is 11.5. The Morgan fingerprint density at radius 1 is 1.15 bits per heavy atom. The molecule has 0 spiro atoms. The van der Waals surface area contributed by atoms with Gasteiger partial charge >= 0.3 is 0 Å². The van der Waals surface area contributed by atoms with E-state index in [0.717, 1.165) is 41.8 Å². The molecule has 20 heavy (non-hydrogen) atoms. The van der Waals surface area contributed by atoms with Crippen molar-refractivity contribution in [3.63, 3.8) is 0 Å². The van der Waals surface area contributed by atoms with Crippen LogP contribution in [0.1, 0.15) is 24.7 Å². The number of imidazole rings is 1. The summed E-state index contributed by atoms with van der Waals surface area (Å²) >= 11 is 0. The average molecular weight is 267 g/mol. The minimum absolute atomic E-state index is 0.292. The molecule has 0 amide bonds. The molecule has 2 heterocycles. The summed E-state index contributed by atoms with van der Waals surface area (Å²) in [5.74, 6) is 1.33. The van der Waals surface area contributed by atoms with Gasteiger partial charge in [0.1, 0.15) is 17.1 Å². The number of rotatable bonds is 4. The van der Waals surface area contributed by atoms with Crippen LogP contribution in [0.5, 0.6) is 5.75 Å². The standard InChI is InChI=1S/C16H17N3O/c1-2-9-19-15-7-8-17-11-14(15)18-16(19)10-12-3-5-13(20)6-4-12/h3-8,11,20H,2,9-10H2,1H3. The minimum Gasteiger partial charge on any atom is -0.508 e. The lowest BCUT2D eigenvalue weighted by molar-refractivity contribution is 0.475. The summed E-state index contributed by atoms with van der Waals surface area (Å²) in [6.45, 7) is 3.12. The van der Waals surface area contributed by atoms with Crippen molar-refractivity contribution >= 4 is 11.0 Å². The number of hydrogen-bond donors (Lipinski definition) is 1. The number of nitrogens with zero attached hydrogens (tertiary/aromatic N) is 3. The maximum Gasteiger partial charge on any atom is 0.115 e. The van der Waals surface area contributed by atoms with Crippen molar-refractivity contribution in [1.82, 2.24) is 14.5 Å². The Hall–Kier alpha value is -2.36. The van der Waals surface area contributed by atoms with Crippen molar-refractivity contribution in [1.29, 1.82) is 0 Å². The number of hydrogen-bond acceptors (Lipinski definition) is 3. The molecular weight excluding hydrogens is 250 g/mol. The third-order valence-electron chi connectivity index (χ3n) is 3.38. The fraction of sp³-hybridized carbons (Fsp3) is 0.250. The smallest absolute Gasteiger partial charge is 0.115 e. The lowest BCUT2D eigenvalue weighted by atomic mass is 10.1. The van der Waals surface area contributed by atoms with Crippen LogP contribution < -0.4 is 0 Å². The van der Waals surface area contributed by atoms with Gasteiger partial charge in [-0.25, -0.2) is 4.98 Å². The predicted molar refractivity (Wildman–Crippen MR) is 78.7 cm³/mol. The topological polar surface area (TPSA) is 50.9 Å². The van der Waals surface area contributed by atoms with Gasteiger partial charge in [-0.1, -0.05) is 19.1 Å². The maximum absolute atomic E-state index is 9.35. The Balaban J connectivity index is 2.01. The van der Waals surface area contributed by atoms with Crippen LogP contribution in [-0.2, 0) is 13.0 Å². The number of aromatic nitrogens is 3. The molecule has 3 aromatic rings. The van der Waals surface area contributed by atoms with Gasteiger partial charge in [-0.2, -0.15) is 0 Å². The van der Waals surface area contributed by atoms with Gasteiger partial charge in [0.15, 0.2) is 0 Å². The van der Waals surface area contributed by atoms with Crippen LogP contribution in [-0.4, -0.2) is 19.6 Å². The summed E-state index contributed by atoms with van der Waals surface area (Å²) in [5, 5.41) is 9.35. The number of phenols is 1. The normalized spacial score (nSPS) is 11.1. The lowest BCUT2D eigenvalue weighted by Crippen LogP contribution is -2.04. The van der Waals surface area contributed by atoms with E-state index < -0.39 is 0 Å². The largest absolute Gasteiger partial charge is 0.508 e. The number of aryl methyl sites for hydroxylation is 1. The molecule has 4 nitrogen and oxygen atoms in total. The van der Waals surface area contributed by atoms with E-state index >= 15 is 0 Å². The second-order valence-corrected chi connectivity index (χ2v) is 4.89. The molecule has 0 radical (unpaired) electrons. The molecule has 2 aromatic heterocycles. The SMILES string of the molecule is CCCn1c(Cc2ccc(O)cc2)nc2cnccc21. The fourth-order valence-electron chi connectivity index (χ4n) is 2.44. The van der Waals surface area contributed by atoms with Crippen molar-refractivity contribution < 1.29 is 5.11 Å². The van der Waals surface area contributed by atoms with Crippen molar-refractivity contribution in [2.24, 2.45) is 0 Å². The first-order chi connectivity index (χ1) is 9.78. The van der Waals surface area contributed by atoms with E-state index in [-0.39, 0.29) is 0 Å². The van der Waals surface area contributed by atoms with Crippen LogP contribution >= 0.6 is 0 Å². The first kappa shape index (κ1) is 12.7. The second-order valence-electron chi connectivity index (χ2n) is 4.89. The molecule has 0 bridgehead atoms. The van der Waals surface area contributed by atoms with Gasteiger partial charge in [0.25, 0.3) is 0 Å². The molecule has 0 aliphatic rings. The van der Waals surface area contributed by atoms with E-state index in [4.69, 9.17) is 0 Å². The van der Waals surface area contributed by atoms with Gasteiger partial charge < -0.3 is 9.67 Å². The average Bonchev–Trinajstić information content (AvgIpc) is 2.80. The fourth-order valence-corrected chi connectivity index (χ4v) is 2.44. The highest BCUT2D eigenvalue weighted by Gasteiger charge is 2.10. The van der Waals surface area contributed by atoms with Gasteiger partial charge in [0.05, 0.1) is 11.7 Å². The van der Waals surface area contributed by atoms with Crippen molar-refractivity contribution in [2.75, 3.05) is 0 Å². The monoisotopic (exact) mass is 267 g/mol. The lowest BCUT2D eigenvalue weighted by Gasteiger charge is -2.07. The van der Waals surface area contributed by atoms with E-state index in [9.17, 15) is 5.11 Å². The molecule has 0 unspecified atom stereocenters. The van der Waals surface area contributed by atoms with E-state index in [1.165, 1.54) is 0 Å². The van der Waals surface area contributed by atoms with E-state index in [2.05, 4.69) is 21.5 Å².